The van der Waals surface area contributed by atoms with E-state index < -0.39 is 10.0 Å². The highest BCUT2D eigenvalue weighted by molar-refractivity contribution is 7.92. The van der Waals surface area contributed by atoms with E-state index in [1.54, 1.807) is 12.1 Å². The highest BCUT2D eigenvalue weighted by atomic mass is 32.2. The van der Waals surface area contributed by atoms with Gasteiger partial charge in [0.1, 0.15) is 0 Å². The first-order chi connectivity index (χ1) is 12.2. The van der Waals surface area contributed by atoms with Gasteiger partial charge in [-0.2, -0.15) is 0 Å². The largest absolute Gasteiger partial charge is 0.326 e. The van der Waals surface area contributed by atoms with Crippen molar-refractivity contribution in [2.45, 2.75) is 32.1 Å². The van der Waals surface area contributed by atoms with E-state index in [2.05, 4.69) is 19.2 Å². The molecule has 2 aromatic carbocycles. The molecule has 26 heavy (non-hydrogen) atoms. The lowest BCUT2D eigenvalue weighted by Crippen LogP contribution is -2.27. The topological polar surface area (TPSA) is 66.5 Å². The lowest BCUT2D eigenvalue weighted by molar-refractivity contribution is -0.117. The molecule has 138 valence electrons. The summed E-state index contributed by atoms with van der Waals surface area (Å²) in [5, 5.41) is 2.94. The second kappa shape index (κ2) is 6.76. The molecule has 0 aromatic heterocycles. The number of carbonyl (C=O) groups is 1. The smallest absolute Gasteiger partial charge is 0.232 e. The molecule has 0 unspecified atom stereocenters. The normalized spacial score (nSPS) is 14.2. The molecule has 3 rings (SSSR count). The molecule has 1 aliphatic rings. The Balaban J connectivity index is 1.71. The van der Waals surface area contributed by atoms with Crippen molar-refractivity contribution in [3.8, 4) is 0 Å². The van der Waals surface area contributed by atoms with Gasteiger partial charge in [-0.15, -0.1) is 0 Å². The van der Waals surface area contributed by atoms with Gasteiger partial charge in [0.2, 0.25) is 15.9 Å². The molecular formula is C20H24N2O3S. The van der Waals surface area contributed by atoms with Crippen LogP contribution in [0.15, 0.2) is 48.5 Å². The molecule has 2 aromatic rings. The summed E-state index contributed by atoms with van der Waals surface area (Å²) in [7, 11) is -3.26. The Hall–Kier alpha value is -2.34. The average molecular weight is 372 g/mol. The van der Waals surface area contributed by atoms with E-state index in [0.717, 1.165) is 11.1 Å². The van der Waals surface area contributed by atoms with Crippen LogP contribution in [0.4, 0.5) is 11.4 Å². The summed E-state index contributed by atoms with van der Waals surface area (Å²) in [5.41, 5.74) is 3.20. The number of benzene rings is 2. The lowest BCUT2D eigenvalue weighted by atomic mass is 9.81. The van der Waals surface area contributed by atoms with Crippen molar-refractivity contribution in [1.29, 1.82) is 0 Å². The van der Waals surface area contributed by atoms with Crippen LogP contribution in [-0.4, -0.2) is 27.1 Å². The van der Waals surface area contributed by atoms with Gasteiger partial charge < -0.3 is 5.32 Å². The van der Waals surface area contributed by atoms with Crippen molar-refractivity contribution < 1.29 is 13.2 Å². The molecule has 1 N–H and O–H groups in total. The van der Waals surface area contributed by atoms with Crippen LogP contribution >= 0.6 is 0 Å². The van der Waals surface area contributed by atoms with Crippen molar-refractivity contribution in [3.63, 3.8) is 0 Å². The molecule has 0 spiro atoms. The molecule has 0 bridgehead atoms. The summed E-state index contributed by atoms with van der Waals surface area (Å²) in [4.78, 5) is 12.5. The predicted molar refractivity (Wildman–Crippen MR) is 105 cm³/mol. The summed E-state index contributed by atoms with van der Waals surface area (Å²) in [6.45, 7) is 4.55. The summed E-state index contributed by atoms with van der Waals surface area (Å²) in [6, 6.07) is 15.4. The van der Waals surface area contributed by atoms with Crippen LogP contribution in [-0.2, 0) is 26.7 Å². The molecule has 1 aliphatic heterocycles. The molecule has 6 heteroatoms. The first-order valence-corrected chi connectivity index (χ1v) is 10.5. The Morgan fingerprint density at radius 1 is 1.15 bits per heavy atom. The van der Waals surface area contributed by atoms with Crippen LogP contribution in [0.5, 0.6) is 0 Å². The first kappa shape index (κ1) is 18.5. The molecule has 0 saturated heterocycles. The molecular weight excluding hydrogens is 348 g/mol. The maximum atomic E-state index is 12.5. The molecule has 0 aliphatic carbocycles. The zero-order chi connectivity index (χ0) is 18.9. The number of sulfonamides is 1. The third kappa shape index (κ3) is 3.90. The van der Waals surface area contributed by atoms with Crippen LogP contribution in [0, 0.1) is 0 Å². The van der Waals surface area contributed by atoms with Gasteiger partial charge in [-0.05, 0) is 41.2 Å². The predicted octanol–water partition coefficient (Wildman–Crippen LogP) is 3.32. The van der Waals surface area contributed by atoms with Crippen LogP contribution in [0.25, 0.3) is 0 Å². The van der Waals surface area contributed by atoms with Gasteiger partial charge in [-0.3, -0.25) is 9.10 Å². The number of anilines is 2. The van der Waals surface area contributed by atoms with Gasteiger partial charge in [-0.25, -0.2) is 8.42 Å². The number of carbonyl (C=O) groups excluding carboxylic acids is 1. The summed E-state index contributed by atoms with van der Waals surface area (Å²) in [6.07, 6.45) is 2.23. The lowest BCUT2D eigenvalue weighted by Gasteiger charge is -2.24. The number of rotatable bonds is 5. The van der Waals surface area contributed by atoms with Crippen LogP contribution in [0.3, 0.4) is 0 Å². The fourth-order valence-electron chi connectivity index (χ4n) is 3.39. The highest BCUT2D eigenvalue weighted by Crippen LogP contribution is 2.32. The minimum Gasteiger partial charge on any atom is -0.326 e. The number of hydrogen-bond donors (Lipinski definition) is 1. The summed E-state index contributed by atoms with van der Waals surface area (Å²) < 4.78 is 25.0. The Morgan fingerprint density at radius 3 is 2.50 bits per heavy atom. The van der Waals surface area contributed by atoms with E-state index in [9.17, 15) is 13.2 Å². The van der Waals surface area contributed by atoms with E-state index in [1.807, 2.05) is 36.4 Å². The zero-order valence-corrected chi connectivity index (χ0v) is 16.1. The van der Waals surface area contributed by atoms with Crippen LogP contribution < -0.4 is 9.62 Å². The van der Waals surface area contributed by atoms with E-state index in [0.29, 0.717) is 30.8 Å². The molecule has 5 nitrogen and oxygen atoms in total. The van der Waals surface area contributed by atoms with Crippen molar-refractivity contribution in [2.24, 2.45) is 0 Å². The van der Waals surface area contributed by atoms with Crippen molar-refractivity contribution in [3.05, 3.63) is 59.7 Å². The third-order valence-corrected chi connectivity index (χ3v) is 5.95. The molecule has 1 heterocycles. The summed E-state index contributed by atoms with van der Waals surface area (Å²) >= 11 is 0. The summed E-state index contributed by atoms with van der Waals surface area (Å²) in [5.74, 6) is -0.0585. The fraction of sp³-hybridized carbons (Fsp3) is 0.350. The second-order valence-electron chi connectivity index (χ2n) is 7.40. The first-order valence-electron chi connectivity index (χ1n) is 8.63. The van der Waals surface area contributed by atoms with Gasteiger partial charge in [0.05, 0.1) is 11.9 Å². The highest BCUT2D eigenvalue weighted by Gasteiger charge is 2.27. The van der Waals surface area contributed by atoms with E-state index >= 15 is 0 Å². The number of amides is 1. The van der Waals surface area contributed by atoms with Gasteiger partial charge in [0, 0.05) is 18.7 Å². The van der Waals surface area contributed by atoms with Gasteiger partial charge in [-0.1, -0.05) is 44.2 Å². The molecule has 1 amide bonds. The number of fused-ring (bicyclic) bond motifs is 1. The number of nitrogens with zero attached hydrogens (tertiary/aromatic N) is 1. The Kier molecular flexibility index (Phi) is 4.80. The minimum atomic E-state index is -3.26. The van der Waals surface area contributed by atoms with E-state index in [-0.39, 0.29) is 11.3 Å². The molecule has 0 atom stereocenters. The van der Waals surface area contributed by atoms with Crippen LogP contribution in [0.2, 0.25) is 0 Å². The van der Waals surface area contributed by atoms with E-state index in [4.69, 9.17) is 0 Å². The standard InChI is InChI=1S/C20H24N2O3S/c1-20(2,16-7-5-4-6-8-16)14-19(23)21-17-9-10-18-15(13-17)11-12-22(18)26(3,24)25/h4-10,13H,11-12,14H2,1-3H3,(H,21,23). The Morgan fingerprint density at radius 2 is 1.85 bits per heavy atom. The van der Waals surface area contributed by atoms with Gasteiger partial charge in [0.25, 0.3) is 0 Å². The second-order valence-corrected chi connectivity index (χ2v) is 9.31. The molecule has 0 saturated carbocycles. The maximum absolute atomic E-state index is 12.5. The Labute approximate surface area is 155 Å². The number of hydrogen-bond acceptors (Lipinski definition) is 3. The zero-order valence-electron chi connectivity index (χ0n) is 15.3. The fourth-order valence-corrected chi connectivity index (χ4v) is 4.35. The molecule has 0 fully saturated rings. The Bertz CT molecular complexity index is 921. The van der Waals surface area contributed by atoms with Gasteiger partial charge in [0.15, 0.2) is 0 Å². The molecule has 0 radical (unpaired) electrons. The minimum absolute atomic E-state index is 0.0585. The third-order valence-electron chi connectivity index (χ3n) is 4.77. The van der Waals surface area contributed by atoms with Crippen LogP contribution in [0.1, 0.15) is 31.4 Å². The van der Waals surface area contributed by atoms with Crippen molar-refractivity contribution in [1.82, 2.24) is 0 Å². The van der Waals surface area contributed by atoms with E-state index in [1.165, 1.54) is 10.6 Å². The SMILES string of the molecule is CC(C)(CC(=O)Nc1ccc2c(c1)CCN2S(C)(=O)=O)c1ccccc1. The van der Waals surface area contributed by atoms with Crippen molar-refractivity contribution >= 4 is 27.3 Å². The van der Waals surface area contributed by atoms with Gasteiger partial charge >= 0.3 is 0 Å². The number of nitrogens with one attached hydrogen (secondary N) is 1. The maximum Gasteiger partial charge on any atom is 0.232 e. The quantitative estimate of drug-likeness (QED) is 0.876. The monoisotopic (exact) mass is 372 g/mol. The van der Waals surface area contributed by atoms with Crippen molar-refractivity contribution in [2.75, 3.05) is 22.4 Å². The average Bonchev–Trinajstić information content (AvgIpc) is 2.98.